The molecule has 1 aromatic carbocycles. The topological polar surface area (TPSA) is 86.7 Å². The molecule has 24 heavy (non-hydrogen) atoms. The fraction of sp³-hybridized carbons (Fsp3) is 0.471. The summed E-state index contributed by atoms with van der Waals surface area (Å²) in [5.41, 5.74) is 0.865. The maximum absolute atomic E-state index is 12.5. The first-order chi connectivity index (χ1) is 11.5. The van der Waals surface area contributed by atoms with E-state index in [2.05, 4.69) is 5.32 Å². The van der Waals surface area contributed by atoms with Gasteiger partial charge in [0.15, 0.2) is 0 Å². The lowest BCUT2D eigenvalue weighted by Crippen LogP contribution is -2.50. The van der Waals surface area contributed by atoms with E-state index in [0.29, 0.717) is 12.2 Å². The first-order valence-corrected chi connectivity index (χ1v) is 9.20. The first kappa shape index (κ1) is 20.0. The highest BCUT2D eigenvalue weighted by atomic mass is 32.2. The largest absolute Gasteiger partial charge is 0.480 e. The highest BCUT2D eigenvalue weighted by Gasteiger charge is 2.26. The summed E-state index contributed by atoms with van der Waals surface area (Å²) in [5, 5.41) is 11.7. The van der Waals surface area contributed by atoms with E-state index < -0.39 is 12.0 Å². The Kier molecular flexibility index (Phi) is 8.93. The zero-order valence-electron chi connectivity index (χ0n) is 14.0. The molecule has 0 aromatic heterocycles. The molecule has 0 aliphatic heterocycles. The zero-order valence-corrected chi connectivity index (χ0v) is 14.8. The van der Waals surface area contributed by atoms with Crippen molar-refractivity contribution in [1.29, 1.82) is 0 Å². The van der Waals surface area contributed by atoms with Crippen LogP contribution in [-0.4, -0.2) is 58.9 Å². The first-order valence-electron chi connectivity index (χ1n) is 7.80. The van der Waals surface area contributed by atoms with Gasteiger partial charge in [-0.3, -0.25) is 14.4 Å². The van der Waals surface area contributed by atoms with Crippen molar-refractivity contribution in [1.82, 2.24) is 10.2 Å². The van der Waals surface area contributed by atoms with Gasteiger partial charge in [0.1, 0.15) is 12.6 Å². The number of nitrogens with zero attached hydrogens (tertiary/aromatic N) is 1. The van der Waals surface area contributed by atoms with Gasteiger partial charge in [-0.2, -0.15) is 11.8 Å². The molecular weight excluding hydrogens is 328 g/mol. The fourth-order valence-corrected chi connectivity index (χ4v) is 2.72. The summed E-state index contributed by atoms with van der Waals surface area (Å²) in [7, 11) is 0. The Balaban J connectivity index is 2.74. The summed E-state index contributed by atoms with van der Waals surface area (Å²) in [6.07, 6.45) is 2.58. The summed E-state index contributed by atoms with van der Waals surface area (Å²) >= 11 is 1.57. The SMILES string of the molecule is CCN(CC(=O)O)C(=O)C(CCSC)NC(=O)Cc1ccccc1. The predicted molar refractivity (Wildman–Crippen MR) is 95.0 cm³/mol. The lowest BCUT2D eigenvalue weighted by molar-refractivity contribution is -0.145. The molecule has 0 saturated carbocycles. The van der Waals surface area contributed by atoms with Crippen LogP contribution in [0.25, 0.3) is 0 Å². The summed E-state index contributed by atoms with van der Waals surface area (Å²) in [6, 6.07) is 8.57. The number of thioether (sulfide) groups is 1. The molecular formula is C17H24N2O4S. The van der Waals surface area contributed by atoms with Crippen LogP contribution in [0.5, 0.6) is 0 Å². The molecule has 1 aromatic rings. The molecule has 0 radical (unpaired) electrons. The molecule has 132 valence electrons. The van der Waals surface area contributed by atoms with Crippen molar-refractivity contribution >= 4 is 29.5 Å². The average molecular weight is 352 g/mol. The summed E-state index contributed by atoms with van der Waals surface area (Å²) < 4.78 is 0. The number of carboxylic acid groups (broad SMARTS) is 1. The molecule has 6 nitrogen and oxygen atoms in total. The van der Waals surface area contributed by atoms with Crippen LogP contribution in [0.15, 0.2) is 30.3 Å². The number of hydrogen-bond donors (Lipinski definition) is 2. The number of aliphatic carboxylic acids is 1. The molecule has 0 saturated heterocycles. The monoisotopic (exact) mass is 352 g/mol. The van der Waals surface area contributed by atoms with E-state index >= 15 is 0 Å². The van der Waals surface area contributed by atoms with E-state index in [9.17, 15) is 14.4 Å². The van der Waals surface area contributed by atoms with Crippen molar-refractivity contribution < 1.29 is 19.5 Å². The van der Waals surface area contributed by atoms with E-state index in [4.69, 9.17) is 5.11 Å². The Labute approximate surface area is 146 Å². The number of carbonyl (C=O) groups is 3. The lowest BCUT2D eigenvalue weighted by Gasteiger charge is -2.25. The highest BCUT2D eigenvalue weighted by Crippen LogP contribution is 2.07. The van der Waals surface area contributed by atoms with Crippen molar-refractivity contribution in [3.8, 4) is 0 Å². The van der Waals surface area contributed by atoms with Crippen LogP contribution in [0.4, 0.5) is 0 Å². The molecule has 1 unspecified atom stereocenters. The van der Waals surface area contributed by atoms with Gasteiger partial charge >= 0.3 is 5.97 Å². The second kappa shape index (κ2) is 10.7. The third-order valence-corrected chi connectivity index (χ3v) is 4.11. The second-order valence-corrected chi connectivity index (χ2v) is 6.30. The molecule has 0 bridgehead atoms. The fourth-order valence-electron chi connectivity index (χ4n) is 2.25. The van der Waals surface area contributed by atoms with Crippen molar-refractivity contribution in [3.63, 3.8) is 0 Å². The number of hydrogen-bond acceptors (Lipinski definition) is 4. The van der Waals surface area contributed by atoms with Gasteiger partial charge in [0.2, 0.25) is 11.8 Å². The summed E-state index contributed by atoms with van der Waals surface area (Å²) in [6.45, 7) is 1.65. The van der Waals surface area contributed by atoms with Crippen LogP contribution >= 0.6 is 11.8 Å². The Morgan fingerprint density at radius 2 is 1.92 bits per heavy atom. The minimum Gasteiger partial charge on any atom is -0.480 e. The molecule has 1 rings (SSSR count). The Bertz CT molecular complexity index is 551. The molecule has 2 N–H and O–H groups in total. The molecule has 1 atom stereocenters. The minimum absolute atomic E-state index is 0.189. The molecule has 7 heteroatoms. The molecule has 0 heterocycles. The highest BCUT2D eigenvalue weighted by molar-refractivity contribution is 7.98. The van der Waals surface area contributed by atoms with Crippen LogP contribution in [-0.2, 0) is 20.8 Å². The molecule has 0 fully saturated rings. The zero-order chi connectivity index (χ0) is 17.9. The second-order valence-electron chi connectivity index (χ2n) is 5.31. The van der Waals surface area contributed by atoms with Crippen LogP contribution < -0.4 is 5.32 Å². The number of rotatable bonds is 10. The number of likely N-dealkylation sites (N-methyl/N-ethyl adjacent to an activating group) is 1. The predicted octanol–water partition coefficient (Wildman–Crippen LogP) is 1.40. The van der Waals surface area contributed by atoms with Crippen molar-refractivity contribution in [2.45, 2.75) is 25.8 Å². The Morgan fingerprint density at radius 3 is 2.46 bits per heavy atom. The molecule has 2 amide bonds. The number of carbonyl (C=O) groups excluding carboxylic acids is 2. The van der Waals surface area contributed by atoms with Crippen molar-refractivity contribution in [2.75, 3.05) is 25.1 Å². The van der Waals surface area contributed by atoms with Gasteiger partial charge in [0.25, 0.3) is 0 Å². The van der Waals surface area contributed by atoms with E-state index in [1.165, 1.54) is 4.90 Å². The molecule has 0 aliphatic rings. The van der Waals surface area contributed by atoms with Crippen LogP contribution in [0.2, 0.25) is 0 Å². The molecule has 0 spiro atoms. The van der Waals surface area contributed by atoms with Gasteiger partial charge in [-0.1, -0.05) is 30.3 Å². The van der Waals surface area contributed by atoms with E-state index in [0.717, 1.165) is 5.56 Å². The quantitative estimate of drug-likeness (QED) is 0.665. The van der Waals surface area contributed by atoms with Gasteiger partial charge in [-0.25, -0.2) is 0 Å². The van der Waals surface area contributed by atoms with E-state index in [1.54, 1.807) is 18.7 Å². The van der Waals surface area contributed by atoms with Gasteiger partial charge in [0.05, 0.1) is 6.42 Å². The summed E-state index contributed by atoms with van der Waals surface area (Å²) in [5.74, 6) is -0.959. The van der Waals surface area contributed by atoms with Crippen molar-refractivity contribution in [2.24, 2.45) is 0 Å². The maximum atomic E-state index is 12.5. The Hall–Kier alpha value is -2.02. The smallest absolute Gasteiger partial charge is 0.323 e. The van der Waals surface area contributed by atoms with Gasteiger partial charge in [0, 0.05) is 6.54 Å². The third-order valence-electron chi connectivity index (χ3n) is 3.47. The van der Waals surface area contributed by atoms with Crippen molar-refractivity contribution in [3.05, 3.63) is 35.9 Å². The number of benzene rings is 1. The van der Waals surface area contributed by atoms with E-state index in [1.807, 2.05) is 36.6 Å². The van der Waals surface area contributed by atoms with Gasteiger partial charge < -0.3 is 15.3 Å². The number of nitrogens with one attached hydrogen (secondary N) is 1. The lowest BCUT2D eigenvalue weighted by atomic mass is 10.1. The maximum Gasteiger partial charge on any atom is 0.323 e. The average Bonchev–Trinajstić information content (AvgIpc) is 2.56. The molecule has 0 aliphatic carbocycles. The normalized spacial score (nSPS) is 11.6. The van der Waals surface area contributed by atoms with Crippen LogP contribution in [0, 0.1) is 0 Å². The van der Waals surface area contributed by atoms with E-state index in [-0.39, 0.29) is 31.3 Å². The van der Waals surface area contributed by atoms with Crippen LogP contribution in [0.3, 0.4) is 0 Å². The Morgan fingerprint density at radius 1 is 1.25 bits per heavy atom. The number of amides is 2. The third kappa shape index (κ3) is 7.04. The van der Waals surface area contributed by atoms with Crippen LogP contribution in [0.1, 0.15) is 18.9 Å². The summed E-state index contributed by atoms with van der Waals surface area (Å²) in [4.78, 5) is 36.9. The number of carboxylic acids is 1. The minimum atomic E-state index is -1.07. The standard InChI is InChI=1S/C17H24N2O4S/c1-3-19(12-16(21)22)17(23)14(9-10-24-2)18-15(20)11-13-7-5-4-6-8-13/h4-8,14H,3,9-12H2,1-2H3,(H,18,20)(H,21,22). The van der Waals surface area contributed by atoms with Gasteiger partial charge in [-0.05, 0) is 30.9 Å². The van der Waals surface area contributed by atoms with Gasteiger partial charge in [-0.15, -0.1) is 0 Å².